The molecular weight excluding hydrogens is 404 g/mol. The van der Waals surface area contributed by atoms with Gasteiger partial charge in [-0.3, -0.25) is 0 Å². The zero-order valence-corrected chi connectivity index (χ0v) is 24.5. The number of hydrogen-bond donors (Lipinski definition) is 1. The van der Waals surface area contributed by atoms with E-state index in [0.717, 1.165) is 0 Å². The molecule has 5 heteroatoms. The second-order valence-corrected chi connectivity index (χ2v) is 21.6. The van der Waals surface area contributed by atoms with Gasteiger partial charge in [0.25, 0.3) is 0 Å². The summed E-state index contributed by atoms with van der Waals surface area (Å²) in [7, 11) is -3.83. The summed E-state index contributed by atoms with van der Waals surface area (Å²) in [5.41, 5.74) is 1.27. The second-order valence-electron chi connectivity index (χ2n) is 12.1. The molecule has 0 aromatic rings. The molecule has 0 fully saturated rings. The van der Waals surface area contributed by atoms with Crippen LogP contribution in [0.3, 0.4) is 0 Å². The predicted octanol–water partition coefficient (Wildman–Crippen LogP) is 7.55. The zero-order chi connectivity index (χ0) is 24.1. The first-order valence-electron chi connectivity index (χ1n) is 11.6. The van der Waals surface area contributed by atoms with Crippen LogP contribution < -0.4 is 0 Å². The highest BCUT2D eigenvalue weighted by molar-refractivity contribution is 6.74. The highest BCUT2D eigenvalue weighted by Crippen LogP contribution is 2.40. The van der Waals surface area contributed by atoms with Crippen molar-refractivity contribution >= 4 is 16.6 Å². The van der Waals surface area contributed by atoms with Gasteiger partial charge in [-0.15, -0.1) is 0 Å². The van der Waals surface area contributed by atoms with Gasteiger partial charge < -0.3 is 14.0 Å². The maximum atomic E-state index is 9.82. The molecule has 4 atom stereocenters. The van der Waals surface area contributed by atoms with Crippen LogP contribution in [0.5, 0.6) is 0 Å². The highest BCUT2D eigenvalue weighted by Gasteiger charge is 2.41. The average Bonchev–Trinajstić information content (AvgIpc) is 2.59. The Labute approximate surface area is 190 Å². The first kappa shape index (κ1) is 29.8. The minimum absolute atomic E-state index is 0.0603. The maximum Gasteiger partial charge on any atom is 0.192 e. The predicted molar refractivity (Wildman–Crippen MR) is 138 cm³/mol. The third-order valence-corrected chi connectivity index (χ3v) is 16.2. The summed E-state index contributed by atoms with van der Waals surface area (Å²) < 4.78 is 13.5. The molecule has 1 N–H and O–H groups in total. The van der Waals surface area contributed by atoms with Gasteiger partial charge in [0.05, 0.1) is 12.2 Å². The molecule has 0 aliphatic heterocycles. The lowest BCUT2D eigenvalue weighted by Gasteiger charge is -2.41. The van der Waals surface area contributed by atoms with E-state index in [1.54, 1.807) is 0 Å². The molecule has 178 valence electrons. The molecule has 0 rings (SSSR count). The van der Waals surface area contributed by atoms with Gasteiger partial charge in [-0.1, -0.05) is 73.6 Å². The van der Waals surface area contributed by atoms with E-state index in [9.17, 15) is 5.11 Å². The fourth-order valence-electron chi connectivity index (χ4n) is 2.63. The summed E-state index contributed by atoms with van der Waals surface area (Å²) >= 11 is 0. The summed E-state index contributed by atoms with van der Waals surface area (Å²) in [5, 5.41) is 10.1. The number of aliphatic hydroxyl groups is 1. The molecule has 0 aliphatic carbocycles. The van der Waals surface area contributed by atoms with Crippen molar-refractivity contribution in [3.63, 3.8) is 0 Å². The molecule has 0 radical (unpaired) electrons. The first-order chi connectivity index (χ1) is 13.3. The third-order valence-electron chi connectivity index (χ3n) is 7.30. The molecule has 0 saturated carbocycles. The van der Waals surface area contributed by atoms with Crippen LogP contribution >= 0.6 is 0 Å². The molecule has 30 heavy (non-hydrogen) atoms. The summed E-state index contributed by atoms with van der Waals surface area (Å²) in [6.45, 7) is 31.5. The van der Waals surface area contributed by atoms with Gasteiger partial charge >= 0.3 is 0 Å². The molecule has 0 heterocycles. The van der Waals surface area contributed by atoms with Crippen LogP contribution in [0, 0.1) is 11.8 Å². The smallest absolute Gasteiger partial charge is 0.192 e. The molecule has 0 saturated heterocycles. The first-order valence-corrected chi connectivity index (χ1v) is 17.4. The molecule has 0 spiro atoms. The fraction of sp³-hybridized carbons (Fsp3) is 0.840. The monoisotopic (exact) mass is 456 g/mol. The van der Waals surface area contributed by atoms with Crippen molar-refractivity contribution in [1.82, 2.24) is 0 Å². The van der Waals surface area contributed by atoms with Gasteiger partial charge in [-0.2, -0.15) is 0 Å². The molecule has 0 aromatic carbocycles. The summed E-state index contributed by atoms with van der Waals surface area (Å²) in [4.78, 5) is 0. The Kier molecular flexibility index (Phi) is 11.0. The van der Waals surface area contributed by atoms with Gasteiger partial charge in [0.2, 0.25) is 0 Å². The van der Waals surface area contributed by atoms with Gasteiger partial charge in [0.1, 0.15) is 0 Å². The third kappa shape index (κ3) is 8.38. The van der Waals surface area contributed by atoms with E-state index in [4.69, 9.17) is 8.85 Å². The van der Waals surface area contributed by atoms with Crippen molar-refractivity contribution in [1.29, 1.82) is 0 Å². The van der Waals surface area contributed by atoms with Gasteiger partial charge in [0, 0.05) is 18.4 Å². The summed E-state index contributed by atoms with van der Waals surface area (Å²) in [6.07, 6.45) is 6.57. The Balaban J connectivity index is 5.77. The maximum absolute atomic E-state index is 9.82. The molecule has 0 aliphatic rings. The van der Waals surface area contributed by atoms with Crippen molar-refractivity contribution < 1.29 is 14.0 Å². The van der Waals surface area contributed by atoms with Crippen molar-refractivity contribution in [3.8, 4) is 0 Å². The van der Waals surface area contributed by atoms with Crippen molar-refractivity contribution in [2.75, 3.05) is 6.61 Å². The molecule has 3 nitrogen and oxygen atoms in total. The lowest BCUT2D eigenvalue weighted by molar-refractivity contribution is 0.116. The lowest BCUT2D eigenvalue weighted by Crippen LogP contribution is -2.46. The van der Waals surface area contributed by atoms with E-state index < -0.39 is 16.6 Å². The standard InChI is InChI=1S/C25H52O3Si2/c1-15-19(2)23(28-30(13,14)25(8,9)10)20(3)16-17-22(21(4)18-26)27-29(11,12)24(5,6)7/h15-17,20-23,26H,18H2,1-14H3/b17-16+,19-15+/t20-,21-,22+,23+/m0/s1. The van der Waals surface area contributed by atoms with Gasteiger partial charge in [-0.05, 0) is 55.7 Å². The highest BCUT2D eigenvalue weighted by atomic mass is 28.4. The Morgan fingerprint density at radius 1 is 0.867 bits per heavy atom. The average molecular weight is 457 g/mol. The number of hydrogen-bond acceptors (Lipinski definition) is 3. The summed E-state index contributed by atoms with van der Waals surface area (Å²) in [6, 6.07) is 0. The Morgan fingerprint density at radius 3 is 1.67 bits per heavy atom. The van der Waals surface area contributed by atoms with Crippen molar-refractivity contribution in [3.05, 3.63) is 23.8 Å². The Bertz CT molecular complexity index is 580. The normalized spacial score (nSPS) is 19.1. The lowest BCUT2D eigenvalue weighted by atomic mass is 9.96. The van der Waals surface area contributed by atoms with Crippen LogP contribution in [0.1, 0.15) is 69.2 Å². The van der Waals surface area contributed by atoms with Crippen LogP contribution in [-0.2, 0) is 8.85 Å². The molecule has 0 aromatic heterocycles. The minimum Gasteiger partial charge on any atom is -0.410 e. The number of allylic oxidation sites excluding steroid dienone is 1. The van der Waals surface area contributed by atoms with E-state index in [1.165, 1.54) is 5.57 Å². The molecule has 0 amide bonds. The molecule has 0 bridgehead atoms. The van der Waals surface area contributed by atoms with E-state index in [-0.39, 0.29) is 40.7 Å². The van der Waals surface area contributed by atoms with E-state index in [2.05, 4.69) is 114 Å². The minimum atomic E-state index is -1.94. The van der Waals surface area contributed by atoms with Crippen LogP contribution in [0.15, 0.2) is 23.8 Å². The van der Waals surface area contributed by atoms with E-state index >= 15 is 0 Å². The van der Waals surface area contributed by atoms with Crippen molar-refractivity contribution in [2.45, 2.75) is 118 Å². The van der Waals surface area contributed by atoms with Crippen LogP contribution in [0.25, 0.3) is 0 Å². The largest absolute Gasteiger partial charge is 0.410 e. The zero-order valence-electron chi connectivity index (χ0n) is 22.5. The molecule has 0 unspecified atom stereocenters. The topological polar surface area (TPSA) is 38.7 Å². The van der Waals surface area contributed by atoms with Crippen LogP contribution in [-0.4, -0.2) is 40.6 Å². The van der Waals surface area contributed by atoms with Crippen LogP contribution in [0.4, 0.5) is 0 Å². The second kappa shape index (κ2) is 11.1. The van der Waals surface area contributed by atoms with Gasteiger partial charge in [0.15, 0.2) is 16.6 Å². The van der Waals surface area contributed by atoms with Crippen LogP contribution in [0.2, 0.25) is 36.3 Å². The van der Waals surface area contributed by atoms with E-state index in [0.29, 0.717) is 0 Å². The SMILES string of the molecule is C/C=C(\C)[C@@H](O[Si](C)(C)C(C)(C)C)[C@@H](C)/C=C/[C@@H](O[Si](C)(C)C(C)(C)C)[C@@H](C)CO. The number of aliphatic hydroxyl groups excluding tert-OH is 1. The number of rotatable bonds is 10. The fourth-order valence-corrected chi connectivity index (χ4v) is 5.36. The quantitative estimate of drug-likeness (QED) is 0.272. The molecular formula is C25H52O3Si2. The summed E-state index contributed by atoms with van der Waals surface area (Å²) in [5.74, 6) is 0.289. The van der Waals surface area contributed by atoms with Crippen molar-refractivity contribution in [2.24, 2.45) is 11.8 Å². The Hall–Kier alpha value is -0.206. The van der Waals surface area contributed by atoms with Gasteiger partial charge in [-0.25, -0.2) is 0 Å². The van der Waals surface area contributed by atoms with E-state index in [1.807, 2.05) is 0 Å². The Morgan fingerprint density at radius 2 is 1.30 bits per heavy atom.